The molecule has 0 aromatic heterocycles. The fourth-order valence-corrected chi connectivity index (χ4v) is 2.35. The number of carboxylic acid groups (broad SMARTS) is 1. The Morgan fingerprint density at radius 1 is 1.17 bits per heavy atom. The minimum Gasteiger partial charge on any atom is -0.478 e. The molecule has 2 aromatic rings. The number of halogens is 4. The SMILES string of the molecule is CCC(F)Cc1c(C(=O)O)cccc1-c1cc(F)c(F)c(F)c1. The molecule has 1 N–H and O–H groups in total. The fraction of sp³-hybridized carbons (Fsp3) is 0.235. The Hall–Kier alpha value is -2.37. The number of benzene rings is 2. The summed E-state index contributed by atoms with van der Waals surface area (Å²) in [6.45, 7) is 1.60. The minimum atomic E-state index is -1.61. The summed E-state index contributed by atoms with van der Waals surface area (Å²) < 4.78 is 53.8. The first-order valence-electron chi connectivity index (χ1n) is 6.99. The number of aromatic carboxylic acids is 1. The van der Waals surface area contributed by atoms with Crippen LogP contribution in [0, 0.1) is 17.5 Å². The molecule has 0 saturated carbocycles. The van der Waals surface area contributed by atoms with Crippen molar-refractivity contribution in [1.82, 2.24) is 0 Å². The second kappa shape index (κ2) is 6.81. The quantitative estimate of drug-likeness (QED) is 0.635. The summed E-state index contributed by atoms with van der Waals surface area (Å²) in [5.74, 6) is -5.66. The first-order chi connectivity index (χ1) is 10.8. The van der Waals surface area contributed by atoms with E-state index in [0.29, 0.717) is 0 Å². The van der Waals surface area contributed by atoms with Crippen LogP contribution in [0.3, 0.4) is 0 Å². The van der Waals surface area contributed by atoms with Gasteiger partial charge in [-0.3, -0.25) is 0 Å². The van der Waals surface area contributed by atoms with Gasteiger partial charge in [0.2, 0.25) is 0 Å². The van der Waals surface area contributed by atoms with Gasteiger partial charge >= 0.3 is 5.97 Å². The average molecular weight is 326 g/mol. The third-order valence-electron chi connectivity index (χ3n) is 3.57. The molecule has 1 atom stereocenters. The van der Waals surface area contributed by atoms with Crippen LogP contribution < -0.4 is 0 Å². The Morgan fingerprint density at radius 2 is 1.78 bits per heavy atom. The molecule has 0 aliphatic heterocycles. The lowest BCUT2D eigenvalue weighted by atomic mass is 9.91. The van der Waals surface area contributed by atoms with E-state index in [1.165, 1.54) is 18.2 Å². The number of hydrogen-bond donors (Lipinski definition) is 1. The van der Waals surface area contributed by atoms with Crippen LogP contribution in [0.1, 0.15) is 29.3 Å². The van der Waals surface area contributed by atoms with Gasteiger partial charge < -0.3 is 5.11 Å². The van der Waals surface area contributed by atoms with E-state index >= 15 is 0 Å². The Morgan fingerprint density at radius 3 is 2.30 bits per heavy atom. The van der Waals surface area contributed by atoms with Crippen LogP contribution >= 0.6 is 0 Å². The molecule has 6 heteroatoms. The maximum atomic E-state index is 13.8. The van der Waals surface area contributed by atoms with E-state index in [1.54, 1.807) is 6.92 Å². The van der Waals surface area contributed by atoms with Crippen molar-refractivity contribution in [2.45, 2.75) is 25.9 Å². The number of alkyl halides is 1. The third-order valence-corrected chi connectivity index (χ3v) is 3.57. The van der Waals surface area contributed by atoms with Gasteiger partial charge in [0.05, 0.1) is 5.56 Å². The van der Waals surface area contributed by atoms with Crippen molar-refractivity contribution in [2.75, 3.05) is 0 Å². The summed E-state index contributed by atoms with van der Waals surface area (Å²) in [5, 5.41) is 9.25. The smallest absolute Gasteiger partial charge is 0.335 e. The molecule has 0 saturated heterocycles. The van der Waals surface area contributed by atoms with E-state index in [-0.39, 0.29) is 35.1 Å². The molecule has 0 aliphatic carbocycles. The molecule has 0 aliphatic rings. The minimum absolute atomic E-state index is 0.0391. The molecule has 0 fully saturated rings. The molecule has 0 radical (unpaired) electrons. The second-order valence-corrected chi connectivity index (χ2v) is 5.10. The lowest BCUT2D eigenvalue weighted by molar-refractivity contribution is 0.0695. The van der Waals surface area contributed by atoms with Crippen LogP contribution in [0.5, 0.6) is 0 Å². The number of hydrogen-bond acceptors (Lipinski definition) is 1. The van der Waals surface area contributed by atoms with Gasteiger partial charge in [-0.15, -0.1) is 0 Å². The molecule has 1 unspecified atom stereocenters. The van der Waals surface area contributed by atoms with Crippen LogP contribution in [-0.4, -0.2) is 17.2 Å². The summed E-state index contributed by atoms with van der Waals surface area (Å²) in [6, 6.07) is 5.64. The first-order valence-corrected chi connectivity index (χ1v) is 6.99. The molecule has 0 amide bonds. The lowest BCUT2D eigenvalue weighted by Crippen LogP contribution is -2.11. The standard InChI is InChI=1S/C17H14F4O2/c1-2-10(18)8-13-11(4-3-5-12(13)17(22)23)9-6-14(19)16(21)15(20)7-9/h3-7,10H,2,8H2,1H3,(H,22,23). The van der Waals surface area contributed by atoms with Gasteiger partial charge in [-0.1, -0.05) is 19.1 Å². The molecule has 0 bridgehead atoms. The summed E-state index contributed by atoms with van der Waals surface area (Å²) in [4.78, 5) is 11.3. The number of rotatable bonds is 5. The Kier molecular flexibility index (Phi) is 5.03. The van der Waals surface area contributed by atoms with Crippen LogP contribution in [0.15, 0.2) is 30.3 Å². The lowest BCUT2D eigenvalue weighted by Gasteiger charge is -2.15. The molecule has 122 valence electrons. The molecule has 2 aromatic carbocycles. The van der Waals surface area contributed by atoms with Gasteiger partial charge in [0, 0.05) is 6.42 Å². The van der Waals surface area contributed by atoms with E-state index in [4.69, 9.17) is 0 Å². The summed E-state index contributed by atoms with van der Waals surface area (Å²) in [6.07, 6.45) is -1.35. The normalized spacial score (nSPS) is 12.2. The molecule has 0 spiro atoms. The second-order valence-electron chi connectivity index (χ2n) is 5.10. The van der Waals surface area contributed by atoms with E-state index < -0.39 is 29.6 Å². The Balaban J connectivity index is 2.66. The highest BCUT2D eigenvalue weighted by atomic mass is 19.2. The van der Waals surface area contributed by atoms with Crippen molar-refractivity contribution in [3.8, 4) is 11.1 Å². The van der Waals surface area contributed by atoms with Gasteiger partial charge in [0.15, 0.2) is 17.5 Å². The van der Waals surface area contributed by atoms with E-state index in [0.717, 1.165) is 12.1 Å². The largest absolute Gasteiger partial charge is 0.478 e. The Bertz CT molecular complexity index is 720. The van der Waals surface area contributed by atoms with Crippen LogP contribution in [0.25, 0.3) is 11.1 Å². The molecule has 0 heterocycles. The van der Waals surface area contributed by atoms with E-state index in [2.05, 4.69) is 0 Å². The molecular formula is C17H14F4O2. The molecular weight excluding hydrogens is 312 g/mol. The average Bonchev–Trinajstić information content (AvgIpc) is 2.51. The van der Waals surface area contributed by atoms with Crippen molar-refractivity contribution >= 4 is 5.97 Å². The predicted octanol–water partition coefficient (Wildman–Crippen LogP) is 4.76. The maximum Gasteiger partial charge on any atom is 0.335 e. The van der Waals surface area contributed by atoms with Gasteiger partial charge in [-0.2, -0.15) is 0 Å². The topological polar surface area (TPSA) is 37.3 Å². The highest BCUT2D eigenvalue weighted by molar-refractivity contribution is 5.92. The first kappa shape index (κ1) is 17.0. The number of carbonyl (C=O) groups is 1. The van der Waals surface area contributed by atoms with Gasteiger partial charge in [0.25, 0.3) is 0 Å². The summed E-state index contributed by atoms with van der Waals surface area (Å²) in [5.41, 5.74) is 0.102. The van der Waals surface area contributed by atoms with Gasteiger partial charge in [-0.25, -0.2) is 22.4 Å². The van der Waals surface area contributed by atoms with Crippen LogP contribution in [-0.2, 0) is 6.42 Å². The van der Waals surface area contributed by atoms with Crippen LogP contribution in [0.2, 0.25) is 0 Å². The maximum absolute atomic E-state index is 13.8. The van der Waals surface area contributed by atoms with E-state index in [9.17, 15) is 27.5 Å². The number of carboxylic acids is 1. The molecule has 2 rings (SSSR count). The van der Waals surface area contributed by atoms with Gasteiger partial charge in [0.1, 0.15) is 6.17 Å². The van der Waals surface area contributed by atoms with E-state index in [1.807, 2.05) is 0 Å². The van der Waals surface area contributed by atoms with Gasteiger partial charge in [-0.05, 0) is 41.3 Å². The van der Waals surface area contributed by atoms with Crippen molar-refractivity contribution in [3.63, 3.8) is 0 Å². The highest BCUT2D eigenvalue weighted by Crippen LogP contribution is 2.30. The zero-order valence-electron chi connectivity index (χ0n) is 12.2. The van der Waals surface area contributed by atoms with Crippen molar-refractivity contribution in [2.24, 2.45) is 0 Å². The molecule has 2 nitrogen and oxygen atoms in total. The fourth-order valence-electron chi connectivity index (χ4n) is 2.35. The van der Waals surface area contributed by atoms with Crippen molar-refractivity contribution in [3.05, 3.63) is 58.9 Å². The van der Waals surface area contributed by atoms with Crippen LogP contribution in [0.4, 0.5) is 17.6 Å². The summed E-state index contributed by atoms with van der Waals surface area (Å²) >= 11 is 0. The Labute approximate surface area is 130 Å². The highest BCUT2D eigenvalue weighted by Gasteiger charge is 2.20. The molecule has 23 heavy (non-hydrogen) atoms. The zero-order chi connectivity index (χ0) is 17.1. The monoisotopic (exact) mass is 326 g/mol. The summed E-state index contributed by atoms with van der Waals surface area (Å²) in [7, 11) is 0. The zero-order valence-corrected chi connectivity index (χ0v) is 12.2. The van der Waals surface area contributed by atoms with Crippen molar-refractivity contribution in [1.29, 1.82) is 0 Å². The third kappa shape index (κ3) is 3.52. The predicted molar refractivity (Wildman–Crippen MR) is 77.6 cm³/mol. The van der Waals surface area contributed by atoms with Crippen molar-refractivity contribution < 1.29 is 27.5 Å².